The SMILES string of the molecule is Cc1ccccc1[C@@H]1C[C@H](C)N([C@@H](C)C(N)=O)C1. The van der Waals surface area contributed by atoms with Crippen LogP contribution in [0.15, 0.2) is 24.3 Å². The molecule has 0 bridgehead atoms. The van der Waals surface area contributed by atoms with Gasteiger partial charge >= 0.3 is 0 Å². The molecule has 1 saturated heterocycles. The lowest BCUT2D eigenvalue weighted by molar-refractivity contribution is -0.122. The van der Waals surface area contributed by atoms with Crippen molar-refractivity contribution in [2.24, 2.45) is 5.73 Å². The lowest BCUT2D eigenvalue weighted by atomic mass is 9.93. The fraction of sp³-hybridized carbons (Fsp3) is 0.533. The number of primary amides is 1. The average molecular weight is 246 g/mol. The molecule has 98 valence electrons. The third-order valence-corrected chi connectivity index (χ3v) is 4.16. The summed E-state index contributed by atoms with van der Waals surface area (Å²) >= 11 is 0. The Hall–Kier alpha value is -1.35. The van der Waals surface area contributed by atoms with Gasteiger partial charge in [0, 0.05) is 12.6 Å². The fourth-order valence-corrected chi connectivity index (χ4v) is 3.03. The normalized spacial score (nSPS) is 26.2. The molecule has 0 unspecified atom stereocenters. The number of hydrogen-bond donors (Lipinski definition) is 1. The summed E-state index contributed by atoms with van der Waals surface area (Å²) in [6.45, 7) is 7.16. The highest BCUT2D eigenvalue weighted by atomic mass is 16.1. The van der Waals surface area contributed by atoms with E-state index in [9.17, 15) is 4.79 Å². The Morgan fingerprint density at radius 1 is 1.44 bits per heavy atom. The average Bonchev–Trinajstić information content (AvgIpc) is 2.70. The van der Waals surface area contributed by atoms with Crippen LogP contribution in [0.3, 0.4) is 0 Å². The first-order valence-electron chi connectivity index (χ1n) is 6.61. The topological polar surface area (TPSA) is 46.3 Å². The number of nitrogens with zero attached hydrogens (tertiary/aromatic N) is 1. The van der Waals surface area contributed by atoms with Crippen molar-refractivity contribution < 1.29 is 4.79 Å². The molecule has 0 spiro atoms. The maximum absolute atomic E-state index is 11.3. The summed E-state index contributed by atoms with van der Waals surface area (Å²) in [4.78, 5) is 13.5. The van der Waals surface area contributed by atoms with Crippen molar-refractivity contribution in [3.8, 4) is 0 Å². The van der Waals surface area contributed by atoms with Gasteiger partial charge < -0.3 is 5.73 Å². The Morgan fingerprint density at radius 2 is 2.11 bits per heavy atom. The quantitative estimate of drug-likeness (QED) is 0.887. The molecule has 1 aromatic rings. The van der Waals surface area contributed by atoms with E-state index in [4.69, 9.17) is 5.73 Å². The first-order valence-corrected chi connectivity index (χ1v) is 6.61. The number of nitrogens with two attached hydrogens (primary N) is 1. The van der Waals surface area contributed by atoms with Crippen molar-refractivity contribution in [2.45, 2.75) is 45.2 Å². The van der Waals surface area contributed by atoms with Crippen molar-refractivity contribution >= 4 is 5.91 Å². The number of hydrogen-bond acceptors (Lipinski definition) is 2. The van der Waals surface area contributed by atoms with Crippen LogP contribution in [0.1, 0.15) is 37.3 Å². The maximum atomic E-state index is 11.3. The number of benzene rings is 1. The number of carbonyl (C=O) groups is 1. The second-order valence-electron chi connectivity index (χ2n) is 5.41. The molecule has 1 aliphatic rings. The van der Waals surface area contributed by atoms with Gasteiger partial charge in [-0.1, -0.05) is 24.3 Å². The van der Waals surface area contributed by atoms with Crippen LogP contribution in [0, 0.1) is 6.92 Å². The Morgan fingerprint density at radius 3 is 2.72 bits per heavy atom. The maximum Gasteiger partial charge on any atom is 0.234 e. The molecule has 3 nitrogen and oxygen atoms in total. The first-order chi connectivity index (χ1) is 8.50. The van der Waals surface area contributed by atoms with E-state index in [0.29, 0.717) is 12.0 Å². The molecular weight excluding hydrogens is 224 g/mol. The summed E-state index contributed by atoms with van der Waals surface area (Å²) < 4.78 is 0. The Bertz CT molecular complexity index is 444. The summed E-state index contributed by atoms with van der Waals surface area (Å²) in [7, 11) is 0. The molecule has 2 rings (SSSR count). The van der Waals surface area contributed by atoms with E-state index in [0.717, 1.165) is 13.0 Å². The molecule has 1 aromatic carbocycles. The smallest absolute Gasteiger partial charge is 0.234 e. The fourth-order valence-electron chi connectivity index (χ4n) is 3.03. The van der Waals surface area contributed by atoms with Gasteiger partial charge in [-0.15, -0.1) is 0 Å². The molecule has 1 amide bonds. The molecule has 1 heterocycles. The summed E-state index contributed by atoms with van der Waals surface area (Å²) in [6, 6.07) is 8.76. The predicted molar refractivity (Wildman–Crippen MR) is 73.4 cm³/mol. The zero-order chi connectivity index (χ0) is 13.3. The molecule has 0 saturated carbocycles. The Balaban J connectivity index is 2.16. The standard InChI is InChI=1S/C15H22N2O/c1-10-6-4-5-7-14(10)13-8-11(2)17(9-13)12(3)15(16)18/h4-7,11-13H,8-9H2,1-3H3,(H2,16,18)/t11-,12-,13+/m0/s1. The minimum atomic E-state index is -0.229. The molecule has 0 aliphatic carbocycles. The van der Waals surface area contributed by atoms with Crippen LogP contribution in [0.2, 0.25) is 0 Å². The summed E-state index contributed by atoms with van der Waals surface area (Å²) in [5, 5.41) is 0. The molecule has 2 N–H and O–H groups in total. The minimum absolute atomic E-state index is 0.172. The number of carbonyl (C=O) groups excluding carboxylic acids is 1. The van der Waals surface area contributed by atoms with Crippen LogP contribution in [0.5, 0.6) is 0 Å². The third-order valence-electron chi connectivity index (χ3n) is 4.16. The molecule has 0 aromatic heterocycles. The lowest BCUT2D eigenvalue weighted by Gasteiger charge is -2.26. The third kappa shape index (κ3) is 2.41. The van der Waals surface area contributed by atoms with E-state index >= 15 is 0 Å². The van der Waals surface area contributed by atoms with Gasteiger partial charge in [0.25, 0.3) is 0 Å². The van der Waals surface area contributed by atoms with E-state index in [-0.39, 0.29) is 11.9 Å². The number of amides is 1. The molecule has 1 aliphatic heterocycles. The summed E-state index contributed by atoms with van der Waals surface area (Å²) in [6.07, 6.45) is 1.10. The van der Waals surface area contributed by atoms with Gasteiger partial charge in [-0.2, -0.15) is 0 Å². The van der Waals surface area contributed by atoms with Crippen LogP contribution >= 0.6 is 0 Å². The predicted octanol–water partition coefficient (Wildman–Crippen LogP) is 2.05. The zero-order valence-electron chi connectivity index (χ0n) is 11.4. The van der Waals surface area contributed by atoms with Crippen LogP contribution < -0.4 is 5.73 Å². The van der Waals surface area contributed by atoms with Crippen LogP contribution in [0.4, 0.5) is 0 Å². The second-order valence-corrected chi connectivity index (χ2v) is 5.41. The highest BCUT2D eigenvalue weighted by Crippen LogP contribution is 2.34. The van der Waals surface area contributed by atoms with Gasteiger partial charge in [-0.3, -0.25) is 9.69 Å². The van der Waals surface area contributed by atoms with Gasteiger partial charge in [-0.05, 0) is 44.2 Å². The van der Waals surface area contributed by atoms with E-state index in [1.807, 2.05) is 6.92 Å². The molecule has 0 radical (unpaired) electrons. The zero-order valence-corrected chi connectivity index (χ0v) is 11.4. The van der Waals surface area contributed by atoms with Crippen LogP contribution in [0.25, 0.3) is 0 Å². The molecule has 3 heteroatoms. The lowest BCUT2D eigenvalue weighted by Crippen LogP contribution is -2.44. The van der Waals surface area contributed by atoms with E-state index in [1.165, 1.54) is 11.1 Å². The van der Waals surface area contributed by atoms with Gasteiger partial charge in [0.1, 0.15) is 0 Å². The van der Waals surface area contributed by atoms with Crippen molar-refractivity contribution in [3.05, 3.63) is 35.4 Å². The van der Waals surface area contributed by atoms with Crippen molar-refractivity contribution in [3.63, 3.8) is 0 Å². The van der Waals surface area contributed by atoms with Crippen LogP contribution in [-0.2, 0) is 4.79 Å². The number of likely N-dealkylation sites (tertiary alicyclic amines) is 1. The number of rotatable bonds is 3. The van der Waals surface area contributed by atoms with Crippen molar-refractivity contribution in [2.75, 3.05) is 6.54 Å². The summed E-state index contributed by atoms with van der Waals surface area (Å²) in [5.41, 5.74) is 8.15. The van der Waals surface area contributed by atoms with E-state index in [2.05, 4.69) is 43.0 Å². The van der Waals surface area contributed by atoms with Gasteiger partial charge in [0.15, 0.2) is 0 Å². The van der Waals surface area contributed by atoms with Gasteiger partial charge in [0.05, 0.1) is 6.04 Å². The van der Waals surface area contributed by atoms with Gasteiger partial charge in [0.2, 0.25) is 5.91 Å². The highest BCUT2D eigenvalue weighted by molar-refractivity contribution is 5.79. The highest BCUT2D eigenvalue weighted by Gasteiger charge is 2.35. The molecule has 18 heavy (non-hydrogen) atoms. The molecule has 3 atom stereocenters. The first kappa shape index (κ1) is 13.1. The molecular formula is C15H22N2O. The van der Waals surface area contributed by atoms with E-state index < -0.39 is 0 Å². The Labute approximate surface area is 109 Å². The second kappa shape index (κ2) is 5.11. The van der Waals surface area contributed by atoms with Crippen molar-refractivity contribution in [1.82, 2.24) is 4.90 Å². The minimum Gasteiger partial charge on any atom is -0.368 e. The van der Waals surface area contributed by atoms with E-state index in [1.54, 1.807) is 0 Å². The molecule has 1 fully saturated rings. The Kier molecular flexibility index (Phi) is 3.71. The number of aryl methyl sites for hydroxylation is 1. The van der Waals surface area contributed by atoms with Crippen LogP contribution in [-0.4, -0.2) is 29.4 Å². The summed E-state index contributed by atoms with van der Waals surface area (Å²) in [5.74, 6) is 0.287. The largest absolute Gasteiger partial charge is 0.368 e. The monoisotopic (exact) mass is 246 g/mol. The van der Waals surface area contributed by atoms with Crippen molar-refractivity contribution in [1.29, 1.82) is 0 Å². The van der Waals surface area contributed by atoms with Gasteiger partial charge in [-0.25, -0.2) is 0 Å².